The SMILES string of the molecule is CCn1ncc(C(C)NC(=S)Nc2sc3c(c2C(=O)OC)CCC(C)C3)c1C. The lowest BCUT2D eigenvalue weighted by Crippen LogP contribution is -2.31. The number of aryl methyl sites for hydroxylation is 1. The summed E-state index contributed by atoms with van der Waals surface area (Å²) in [5, 5.41) is 12.2. The molecular weight excluding hydrogens is 392 g/mol. The highest BCUT2D eigenvalue weighted by Crippen LogP contribution is 2.40. The van der Waals surface area contributed by atoms with E-state index in [0.29, 0.717) is 16.6 Å². The van der Waals surface area contributed by atoms with Crippen molar-refractivity contribution in [2.24, 2.45) is 5.92 Å². The fourth-order valence-electron chi connectivity index (χ4n) is 3.78. The number of thiocarbonyl (C=S) groups is 1. The van der Waals surface area contributed by atoms with Crippen LogP contribution in [-0.4, -0.2) is 28.0 Å². The predicted octanol–water partition coefficient (Wildman–Crippen LogP) is 4.23. The van der Waals surface area contributed by atoms with E-state index < -0.39 is 0 Å². The van der Waals surface area contributed by atoms with Gasteiger partial charge < -0.3 is 15.4 Å². The highest BCUT2D eigenvalue weighted by Gasteiger charge is 2.28. The van der Waals surface area contributed by atoms with E-state index in [1.807, 2.05) is 10.9 Å². The van der Waals surface area contributed by atoms with E-state index in [9.17, 15) is 4.79 Å². The summed E-state index contributed by atoms with van der Waals surface area (Å²) in [6, 6.07) is 0.0106. The molecule has 3 rings (SSSR count). The summed E-state index contributed by atoms with van der Waals surface area (Å²) < 4.78 is 7.01. The van der Waals surface area contributed by atoms with E-state index >= 15 is 0 Å². The smallest absolute Gasteiger partial charge is 0.341 e. The van der Waals surface area contributed by atoms with Crippen molar-refractivity contribution in [2.45, 2.75) is 59.5 Å². The Balaban J connectivity index is 1.78. The summed E-state index contributed by atoms with van der Waals surface area (Å²) >= 11 is 7.16. The Morgan fingerprint density at radius 2 is 2.29 bits per heavy atom. The maximum Gasteiger partial charge on any atom is 0.341 e. The lowest BCUT2D eigenvalue weighted by atomic mass is 9.88. The number of nitrogens with zero attached hydrogens (tertiary/aromatic N) is 2. The van der Waals surface area contributed by atoms with Gasteiger partial charge in [-0.3, -0.25) is 4.68 Å². The van der Waals surface area contributed by atoms with Crippen molar-refractivity contribution in [1.29, 1.82) is 0 Å². The molecule has 2 unspecified atom stereocenters. The van der Waals surface area contributed by atoms with Crippen molar-refractivity contribution in [2.75, 3.05) is 12.4 Å². The van der Waals surface area contributed by atoms with Crippen molar-refractivity contribution in [1.82, 2.24) is 15.1 Å². The molecule has 152 valence electrons. The zero-order chi connectivity index (χ0) is 20.4. The van der Waals surface area contributed by atoms with Crippen molar-refractivity contribution >= 4 is 39.6 Å². The van der Waals surface area contributed by atoms with Gasteiger partial charge in [0.1, 0.15) is 5.00 Å². The van der Waals surface area contributed by atoms with Crippen LogP contribution in [0, 0.1) is 12.8 Å². The van der Waals surface area contributed by atoms with Crippen LogP contribution >= 0.6 is 23.6 Å². The van der Waals surface area contributed by atoms with E-state index in [4.69, 9.17) is 17.0 Å². The van der Waals surface area contributed by atoms with Gasteiger partial charge in [0, 0.05) is 22.7 Å². The van der Waals surface area contributed by atoms with Gasteiger partial charge >= 0.3 is 5.97 Å². The summed E-state index contributed by atoms with van der Waals surface area (Å²) in [5.41, 5.74) is 3.99. The fraction of sp³-hybridized carbons (Fsp3) is 0.550. The van der Waals surface area contributed by atoms with Gasteiger partial charge in [0.25, 0.3) is 0 Å². The number of carbonyl (C=O) groups excluding carboxylic acids is 1. The number of methoxy groups -OCH3 is 1. The number of thiophene rings is 1. The topological polar surface area (TPSA) is 68.2 Å². The van der Waals surface area contributed by atoms with E-state index in [-0.39, 0.29) is 12.0 Å². The average Bonchev–Trinajstić information content (AvgIpc) is 3.20. The first-order valence-electron chi connectivity index (χ1n) is 9.68. The quantitative estimate of drug-likeness (QED) is 0.557. The van der Waals surface area contributed by atoms with Gasteiger partial charge in [-0.25, -0.2) is 4.79 Å². The zero-order valence-corrected chi connectivity index (χ0v) is 18.7. The number of aromatic nitrogens is 2. The molecule has 0 spiro atoms. The summed E-state index contributed by atoms with van der Waals surface area (Å²) in [4.78, 5) is 13.7. The summed E-state index contributed by atoms with van der Waals surface area (Å²) in [5.74, 6) is 0.332. The Bertz CT molecular complexity index is 887. The third-order valence-electron chi connectivity index (χ3n) is 5.38. The molecule has 0 amide bonds. The van der Waals surface area contributed by atoms with Gasteiger partial charge in [0.2, 0.25) is 0 Å². The molecule has 2 aromatic heterocycles. The van der Waals surface area contributed by atoms with Crippen molar-refractivity contribution < 1.29 is 9.53 Å². The maximum absolute atomic E-state index is 12.4. The molecule has 0 radical (unpaired) electrons. The van der Waals surface area contributed by atoms with Crippen LogP contribution < -0.4 is 10.6 Å². The Morgan fingerprint density at radius 3 is 2.93 bits per heavy atom. The van der Waals surface area contributed by atoms with Gasteiger partial charge in [-0.05, 0) is 63.7 Å². The summed E-state index contributed by atoms with van der Waals surface area (Å²) in [6.45, 7) is 9.27. The number of anilines is 1. The summed E-state index contributed by atoms with van der Waals surface area (Å²) in [7, 11) is 1.43. The molecule has 1 aliphatic rings. The van der Waals surface area contributed by atoms with Crippen LogP contribution in [0.3, 0.4) is 0 Å². The molecule has 2 N–H and O–H groups in total. The second-order valence-corrected chi connectivity index (χ2v) is 8.88. The number of hydrogen-bond acceptors (Lipinski definition) is 5. The molecule has 0 aromatic carbocycles. The van der Waals surface area contributed by atoms with Gasteiger partial charge in [-0.2, -0.15) is 5.10 Å². The van der Waals surface area contributed by atoms with Crippen LogP contribution in [0.5, 0.6) is 0 Å². The van der Waals surface area contributed by atoms with Crippen LogP contribution in [0.1, 0.15) is 65.3 Å². The van der Waals surface area contributed by atoms with Crippen LogP contribution in [0.4, 0.5) is 5.00 Å². The Labute approximate surface area is 175 Å². The van der Waals surface area contributed by atoms with Crippen molar-refractivity contribution in [3.8, 4) is 0 Å². The Morgan fingerprint density at radius 1 is 1.54 bits per heavy atom. The van der Waals surface area contributed by atoms with Crippen molar-refractivity contribution in [3.63, 3.8) is 0 Å². The minimum absolute atomic E-state index is 0.0106. The largest absolute Gasteiger partial charge is 0.465 e. The van der Waals surface area contributed by atoms with E-state index in [1.54, 1.807) is 11.3 Å². The number of fused-ring (bicyclic) bond motifs is 1. The molecule has 0 fully saturated rings. The number of ether oxygens (including phenoxy) is 1. The molecule has 6 nitrogen and oxygen atoms in total. The highest BCUT2D eigenvalue weighted by molar-refractivity contribution is 7.80. The van der Waals surface area contributed by atoms with E-state index in [1.165, 1.54) is 12.0 Å². The Kier molecular flexibility index (Phi) is 6.40. The fourth-order valence-corrected chi connectivity index (χ4v) is 5.52. The molecule has 0 bridgehead atoms. The lowest BCUT2D eigenvalue weighted by molar-refractivity contribution is 0.0601. The lowest BCUT2D eigenvalue weighted by Gasteiger charge is -2.18. The standard InChI is InChI=1S/C20H28N4O2S2/c1-6-24-13(4)15(10-21-24)12(3)22-20(27)23-18-17(19(25)26-5)14-8-7-11(2)9-16(14)28-18/h10-12H,6-9H2,1-5H3,(H2,22,23,27). The number of hydrogen-bond donors (Lipinski definition) is 2. The normalized spacial score (nSPS) is 17.0. The van der Waals surface area contributed by atoms with Crippen molar-refractivity contribution in [3.05, 3.63) is 33.5 Å². The number of carbonyl (C=O) groups is 1. The second-order valence-electron chi connectivity index (χ2n) is 7.37. The van der Waals surface area contributed by atoms with Gasteiger partial charge in [0.15, 0.2) is 5.11 Å². The average molecular weight is 421 g/mol. The number of rotatable bonds is 5. The summed E-state index contributed by atoms with van der Waals surface area (Å²) in [6.07, 6.45) is 4.88. The molecule has 8 heteroatoms. The second kappa shape index (κ2) is 8.61. The minimum Gasteiger partial charge on any atom is -0.465 e. The van der Waals surface area contributed by atoms with Crippen LogP contribution in [0.2, 0.25) is 0 Å². The maximum atomic E-state index is 12.4. The number of esters is 1. The van der Waals surface area contributed by atoms with Crippen LogP contribution in [-0.2, 0) is 24.1 Å². The highest BCUT2D eigenvalue weighted by atomic mass is 32.1. The van der Waals surface area contributed by atoms with E-state index in [0.717, 1.165) is 47.6 Å². The molecule has 0 saturated carbocycles. The van der Waals surface area contributed by atoms with Crippen LogP contribution in [0.25, 0.3) is 0 Å². The molecule has 2 atom stereocenters. The van der Waals surface area contributed by atoms with Crippen LogP contribution in [0.15, 0.2) is 6.20 Å². The molecule has 2 aromatic rings. The first-order chi connectivity index (χ1) is 13.3. The van der Waals surface area contributed by atoms with Gasteiger partial charge in [-0.1, -0.05) is 6.92 Å². The predicted molar refractivity (Wildman–Crippen MR) is 117 cm³/mol. The molecule has 0 saturated heterocycles. The number of nitrogens with one attached hydrogen (secondary N) is 2. The molecular formula is C20H28N4O2S2. The molecule has 28 heavy (non-hydrogen) atoms. The molecule has 2 heterocycles. The Hall–Kier alpha value is -1.93. The van der Waals surface area contributed by atoms with Gasteiger partial charge in [0.05, 0.1) is 24.9 Å². The minimum atomic E-state index is -0.300. The third kappa shape index (κ3) is 4.07. The molecule has 1 aliphatic carbocycles. The van der Waals surface area contributed by atoms with E-state index in [2.05, 4.69) is 43.4 Å². The zero-order valence-electron chi connectivity index (χ0n) is 17.1. The third-order valence-corrected chi connectivity index (χ3v) is 6.77. The first-order valence-corrected chi connectivity index (χ1v) is 10.9. The first kappa shape index (κ1) is 20.8. The molecule has 0 aliphatic heterocycles. The van der Waals surface area contributed by atoms with Gasteiger partial charge in [-0.15, -0.1) is 11.3 Å². The monoisotopic (exact) mass is 420 g/mol.